The lowest BCUT2D eigenvalue weighted by atomic mass is 9.94. The molecule has 3 rings (SSSR count). The van der Waals surface area contributed by atoms with Crippen LogP contribution in [0.3, 0.4) is 0 Å². The van der Waals surface area contributed by atoms with E-state index in [1.807, 2.05) is 18.2 Å². The number of Topliss-reactive ketones (excluding diaryl/α,β-unsaturated/α-hetero) is 1. The van der Waals surface area contributed by atoms with Gasteiger partial charge in [-0.1, -0.05) is 32.0 Å². The Balaban J connectivity index is 2.13. The maximum atomic E-state index is 13.1. The highest BCUT2D eigenvalue weighted by atomic mass is 16.5. The third kappa shape index (κ3) is 4.48. The maximum Gasteiger partial charge on any atom is 0.295 e. The first kappa shape index (κ1) is 23.3. The van der Waals surface area contributed by atoms with Crippen molar-refractivity contribution in [2.45, 2.75) is 19.9 Å². The van der Waals surface area contributed by atoms with E-state index in [1.165, 1.54) is 4.90 Å². The highest BCUT2D eigenvalue weighted by molar-refractivity contribution is 6.46. The van der Waals surface area contributed by atoms with E-state index >= 15 is 0 Å². The molecule has 1 N–H and O–H groups in total. The average Bonchev–Trinajstić information content (AvgIpc) is 3.09. The fraction of sp³-hybridized carbons (Fsp3) is 0.360. The zero-order chi connectivity index (χ0) is 23.3. The first-order valence-electron chi connectivity index (χ1n) is 10.7. The highest BCUT2D eigenvalue weighted by Gasteiger charge is 2.46. The number of aliphatic hydroxyl groups is 1. The molecule has 7 heteroatoms. The summed E-state index contributed by atoms with van der Waals surface area (Å²) in [5.74, 6) is -0.362. The van der Waals surface area contributed by atoms with Gasteiger partial charge in [0.05, 0.1) is 25.8 Å². The molecule has 0 saturated carbocycles. The van der Waals surface area contributed by atoms with Gasteiger partial charge >= 0.3 is 0 Å². The van der Waals surface area contributed by atoms with E-state index in [4.69, 9.17) is 9.47 Å². The zero-order valence-corrected chi connectivity index (χ0v) is 19.0. The summed E-state index contributed by atoms with van der Waals surface area (Å²) in [4.78, 5) is 29.9. The lowest BCUT2D eigenvalue weighted by molar-refractivity contribution is -0.140. The normalized spacial score (nSPS) is 17.8. The zero-order valence-electron chi connectivity index (χ0n) is 19.0. The first-order valence-corrected chi connectivity index (χ1v) is 10.7. The number of rotatable bonds is 9. The van der Waals surface area contributed by atoms with Crippen molar-refractivity contribution in [3.63, 3.8) is 0 Å². The van der Waals surface area contributed by atoms with Crippen LogP contribution >= 0.6 is 0 Å². The molecule has 1 aliphatic heterocycles. The maximum absolute atomic E-state index is 13.1. The second kappa shape index (κ2) is 10.3. The van der Waals surface area contributed by atoms with Gasteiger partial charge in [-0.3, -0.25) is 9.59 Å². The number of benzene rings is 2. The summed E-state index contributed by atoms with van der Waals surface area (Å²) in [6, 6.07) is 13.2. The summed E-state index contributed by atoms with van der Waals surface area (Å²) >= 11 is 0. The molecule has 0 aromatic heterocycles. The third-order valence-corrected chi connectivity index (χ3v) is 5.89. The number of ketones is 1. The van der Waals surface area contributed by atoms with Crippen LogP contribution < -0.4 is 9.47 Å². The van der Waals surface area contributed by atoms with Gasteiger partial charge in [-0.05, 0) is 43.4 Å². The molecule has 1 heterocycles. The van der Waals surface area contributed by atoms with Crippen molar-refractivity contribution in [1.82, 2.24) is 9.80 Å². The van der Waals surface area contributed by atoms with Gasteiger partial charge in [0.15, 0.2) is 0 Å². The van der Waals surface area contributed by atoms with Crippen LogP contribution in [0.1, 0.15) is 31.0 Å². The minimum Gasteiger partial charge on any atom is -0.507 e. The number of methoxy groups -OCH3 is 2. The number of amides is 1. The number of likely N-dealkylation sites (tertiary alicyclic amines) is 1. The average molecular weight is 439 g/mol. The Kier molecular flexibility index (Phi) is 7.53. The predicted octanol–water partition coefficient (Wildman–Crippen LogP) is 3.47. The highest BCUT2D eigenvalue weighted by Crippen LogP contribution is 2.42. The van der Waals surface area contributed by atoms with E-state index in [0.29, 0.717) is 35.7 Å². The number of hydrogen-bond acceptors (Lipinski definition) is 6. The van der Waals surface area contributed by atoms with Crippen molar-refractivity contribution < 1.29 is 24.2 Å². The lowest BCUT2D eigenvalue weighted by Gasteiger charge is -2.29. The summed E-state index contributed by atoms with van der Waals surface area (Å²) < 4.78 is 10.7. The fourth-order valence-corrected chi connectivity index (χ4v) is 4.02. The SMILES string of the molecule is CCN(CC)CCN1C(=O)C(=O)/C(=C(\O)c2ccc(OC)cc2)C1c1ccccc1OC. The molecule has 1 amide bonds. The Morgan fingerprint density at radius 1 is 1.00 bits per heavy atom. The number of carbonyl (C=O) groups is 2. The Bertz CT molecular complexity index is 996. The minimum absolute atomic E-state index is 0.0595. The molecular weight excluding hydrogens is 408 g/mol. The van der Waals surface area contributed by atoms with Crippen LogP contribution in [0, 0.1) is 0 Å². The summed E-state index contributed by atoms with van der Waals surface area (Å²) in [6.07, 6.45) is 0. The van der Waals surface area contributed by atoms with Crippen LogP contribution in [0.25, 0.3) is 5.76 Å². The molecule has 1 fully saturated rings. The van der Waals surface area contributed by atoms with Gasteiger partial charge in [-0.15, -0.1) is 0 Å². The van der Waals surface area contributed by atoms with Crippen molar-refractivity contribution in [1.29, 1.82) is 0 Å². The van der Waals surface area contributed by atoms with Gasteiger partial charge in [-0.25, -0.2) is 0 Å². The number of ether oxygens (including phenoxy) is 2. The molecule has 32 heavy (non-hydrogen) atoms. The van der Waals surface area contributed by atoms with Gasteiger partial charge in [0.2, 0.25) is 0 Å². The number of nitrogens with zero attached hydrogens (tertiary/aromatic N) is 2. The van der Waals surface area contributed by atoms with E-state index in [1.54, 1.807) is 44.6 Å². The van der Waals surface area contributed by atoms with Gasteiger partial charge in [0.1, 0.15) is 17.3 Å². The second-order valence-electron chi connectivity index (χ2n) is 7.49. The van der Waals surface area contributed by atoms with Crippen LogP contribution in [0.2, 0.25) is 0 Å². The third-order valence-electron chi connectivity index (χ3n) is 5.89. The van der Waals surface area contributed by atoms with E-state index in [9.17, 15) is 14.7 Å². The molecule has 1 saturated heterocycles. The van der Waals surface area contributed by atoms with E-state index in [0.717, 1.165) is 13.1 Å². The molecule has 1 atom stereocenters. The summed E-state index contributed by atoms with van der Waals surface area (Å²) in [5.41, 5.74) is 1.15. The van der Waals surface area contributed by atoms with Gasteiger partial charge in [0.25, 0.3) is 11.7 Å². The topological polar surface area (TPSA) is 79.3 Å². The Morgan fingerprint density at radius 2 is 1.66 bits per heavy atom. The fourth-order valence-electron chi connectivity index (χ4n) is 4.02. The molecule has 0 bridgehead atoms. The van der Waals surface area contributed by atoms with Crippen molar-refractivity contribution in [3.8, 4) is 11.5 Å². The van der Waals surface area contributed by atoms with Crippen molar-refractivity contribution in [3.05, 3.63) is 65.2 Å². The largest absolute Gasteiger partial charge is 0.507 e. The van der Waals surface area contributed by atoms with E-state index in [2.05, 4.69) is 18.7 Å². The van der Waals surface area contributed by atoms with E-state index < -0.39 is 17.7 Å². The number of carbonyl (C=O) groups excluding carboxylic acids is 2. The molecular formula is C25H30N2O5. The van der Waals surface area contributed by atoms with Gasteiger partial charge in [0, 0.05) is 24.2 Å². The minimum atomic E-state index is -0.746. The number of aliphatic hydroxyl groups excluding tert-OH is 1. The Morgan fingerprint density at radius 3 is 2.25 bits per heavy atom. The number of likely N-dealkylation sites (N-methyl/N-ethyl adjacent to an activating group) is 1. The summed E-state index contributed by atoms with van der Waals surface area (Å²) in [5, 5.41) is 11.1. The molecule has 1 unspecified atom stereocenters. The molecule has 0 spiro atoms. The van der Waals surface area contributed by atoms with E-state index in [-0.39, 0.29) is 11.3 Å². The number of hydrogen-bond donors (Lipinski definition) is 1. The van der Waals surface area contributed by atoms with Gasteiger partial charge in [-0.2, -0.15) is 0 Å². The lowest BCUT2D eigenvalue weighted by Crippen LogP contribution is -2.38. The standard InChI is InChI=1S/C25H30N2O5/c1-5-26(6-2)15-16-27-22(19-9-7-8-10-20(19)32-4)21(24(29)25(27)30)23(28)17-11-13-18(31-3)14-12-17/h7-14,22,28H,5-6,15-16H2,1-4H3/b23-21-. The van der Waals surface area contributed by atoms with Crippen LogP contribution in [0.15, 0.2) is 54.1 Å². The Hall–Kier alpha value is -3.32. The van der Waals surface area contributed by atoms with Crippen molar-refractivity contribution in [2.24, 2.45) is 0 Å². The van der Waals surface area contributed by atoms with Gasteiger partial charge < -0.3 is 24.4 Å². The molecule has 0 radical (unpaired) electrons. The molecule has 170 valence electrons. The smallest absolute Gasteiger partial charge is 0.295 e. The molecule has 7 nitrogen and oxygen atoms in total. The van der Waals surface area contributed by atoms with Crippen LogP contribution in [0.4, 0.5) is 0 Å². The van der Waals surface area contributed by atoms with Crippen LogP contribution in [-0.4, -0.2) is 67.0 Å². The quantitative estimate of drug-likeness (QED) is 0.367. The summed E-state index contributed by atoms with van der Waals surface area (Å²) in [6.45, 7) is 6.76. The molecule has 2 aromatic rings. The summed E-state index contributed by atoms with van der Waals surface area (Å²) in [7, 11) is 3.10. The molecule has 1 aliphatic rings. The van der Waals surface area contributed by atoms with Crippen LogP contribution in [-0.2, 0) is 9.59 Å². The van der Waals surface area contributed by atoms with Crippen LogP contribution in [0.5, 0.6) is 11.5 Å². The Labute approximate surface area is 188 Å². The van der Waals surface area contributed by atoms with Crippen molar-refractivity contribution in [2.75, 3.05) is 40.4 Å². The number of para-hydroxylation sites is 1. The molecule has 2 aromatic carbocycles. The monoisotopic (exact) mass is 438 g/mol. The predicted molar refractivity (Wildman–Crippen MR) is 123 cm³/mol. The second-order valence-corrected chi connectivity index (χ2v) is 7.49. The first-order chi connectivity index (χ1) is 15.5. The molecule has 0 aliphatic carbocycles. The van der Waals surface area contributed by atoms with Crippen molar-refractivity contribution >= 4 is 17.4 Å².